The first-order valence-corrected chi connectivity index (χ1v) is 8.59. The van der Waals surface area contributed by atoms with Gasteiger partial charge in [0, 0.05) is 6.54 Å². The molecule has 1 N–H and O–H groups in total. The maximum absolute atomic E-state index is 10.2. The molecule has 2 heteroatoms. The average Bonchev–Trinajstić information content (AvgIpc) is 2.60. The third-order valence-electron chi connectivity index (χ3n) is 5.33. The van der Waals surface area contributed by atoms with Crippen molar-refractivity contribution < 1.29 is 5.11 Å². The lowest BCUT2D eigenvalue weighted by atomic mass is 9.80. The van der Waals surface area contributed by atoms with Gasteiger partial charge in [-0.25, -0.2) is 0 Å². The fourth-order valence-corrected chi connectivity index (χ4v) is 4.11. The van der Waals surface area contributed by atoms with Crippen molar-refractivity contribution in [2.75, 3.05) is 19.6 Å². The second-order valence-electron chi connectivity index (χ2n) is 7.13. The fourth-order valence-electron chi connectivity index (χ4n) is 4.11. The van der Waals surface area contributed by atoms with Crippen molar-refractivity contribution in [3.8, 4) is 0 Å². The van der Waals surface area contributed by atoms with Crippen LogP contribution in [0.3, 0.4) is 0 Å². The molecule has 2 rings (SSSR count). The lowest BCUT2D eigenvalue weighted by Crippen LogP contribution is -2.39. The highest BCUT2D eigenvalue weighted by Gasteiger charge is 2.29. The summed E-state index contributed by atoms with van der Waals surface area (Å²) in [6, 6.07) is 0. The van der Waals surface area contributed by atoms with Crippen molar-refractivity contribution in [2.24, 2.45) is 17.8 Å². The lowest BCUT2D eigenvalue weighted by molar-refractivity contribution is 0.0309. The molecule has 0 aromatic rings. The zero-order valence-corrected chi connectivity index (χ0v) is 13.0. The Hall–Kier alpha value is -0.0800. The van der Waals surface area contributed by atoms with Crippen LogP contribution in [0.2, 0.25) is 0 Å². The van der Waals surface area contributed by atoms with Crippen LogP contribution in [0, 0.1) is 17.8 Å². The standard InChI is InChI=1S/C17H33NO/c1-3-5-15-6-4-10-18(11-9-15)13-16-12-14(2)7-8-17(16)19/h14-17,19H,3-13H2,1-2H3. The number of aliphatic hydroxyl groups excluding tert-OH is 1. The van der Waals surface area contributed by atoms with E-state index in [1.807, 2.05) is 0 Å². The van der Waals surface area contributed by atoms with Gasteiger partial charge in [0.2, 0.25) is 0 Å². The second kappa shape index (κ2) is 7.64. The van der Waals surface area contributed by atoms with Crippen molar-refractivity contribution in [3.63, 3.8) is 0 Å². The topological polar surface area (TPSA) is 23.5 Å². The van der Waals surface area contributed by atoms with Gasteiger partial charge in [0.15, 0.2) is 0 Å². The molecule has 4 atom stereocenters. The van der Waals surface area contributed by atoms with Crippen LogP contribution in [0.5, 0.6) is 0 Å². The van der Waals surface area contributed by atoms with E-state index in [-0.39, 0.29) is 6.10 Å². The van der Waals surface area contributed by atoms with Crippen molar-refractivity contribution in [3.05, 3.63) is 0 Å². The third kappa shape index (κ3) is 4.75. The van der Waals surface area contributed by atoms with E-state index in [4.69, 9.17) is 0 Å². The molecule has 4 unspecified atom stereocenters. The third-order valence-corrected chi connectivity index (χ3v) is 5.33. The maximum Gasteiger partial charge on any atom is 0.0580 e. The fraction of sp³-hybridized carbons (Fsp3) is 1.00. The van der Waals surface area contributed by atoms with E-state index >= 15 is 0 Å². The molecule has 2 aliphatic rings. The summed E-state index contributed by atoms with van der Waals surface area (Å²) in [5.41, 5.74) is 0. The van der Waals surface area contributed by atoms with Gasteiger partial charge >= 0.3 is 0 Å². The molecule has 1 saturated heterocycles. The largest absolute Gasteiger partial charge is 0.393 e. The normalized spacial score (nSPS) is 38.1. The van der Waals surface area contributed by atoms with Crippen LogP contribution in [0.1, 0.15) is 65.2 Å². The molecular weight excluding hydrogens is 234 g/mol. The molecule has 112 valence electrons. The molecule has 2 nitrogen and oxygen atoms in total. The van der Waals surface area contributed by atoms with Crippen LogP contribution >= 0.6 is 0 Å². The summed E-state index contributed by atoms with van der Waals surface area (Å²) in [4.78, 5) is 2.64. The summed E-state index contributed by atoms with van der Waals surface area (Å²) in [6.45, 7) is 8.32. The Morgan fingerprint density at radius 2 is 1.95 bits per heavy atom. The van der Waals surface area contributed by atoms with E-state index in [1.54, 1.807) is 0 Å². The number of likely N-dealkylation sites (tertiary alicyclic amines) is 1. The predicted octanol–water partition coefficient (Wildman–Crippen LogP) is 3.69. The Kier molecular flexibility index (Phi) is 6.15. The SMILES string of the molecule is CCCC1CCCN(CC2CC(C)CCC2O)CC1. The first kappa shape index (κ1) is 15.3. The maximum atomic E-state index is 10.2. The molecule has 1 aliphatic heterocycles. The summed E-state index contributed by atoms with van der Waals surface area (Å²) in [5.74, 6) is 2.31. The summed E-state index contributed by atoms with van der Waals surface area (Å²) >= 11 is 0. The van der Waals surface area contributed by atoms with Gasteiger partial charge in [-0.2, -0.15) is 0 Å². The molecule has 19 heavy (non-hydrogen) atoms. The van der Waals surface area contributed by atoms with E-state index in [0.29, 0.717) is 5.92 Å². The molecule has 0 spiro atoms. The van der Waals surface area contributed by atoms with Crippen LogP contribution in [0.15, 0.2) is 0 Å². The monoisotopic (exact) mass is 267 g/mol. The van der Waals surface area contributed by atoms with Crippen LogP contribution in [0.4, 0.5) is 0 Å². The number of aliphatic hydroxyl groups is 1. The van der Waals surface area contributed by atoms with Gasteiger partial charge in [-0.05, 0) is 69.4 Å². The van der Waals surface area contributed by atoms with E-state index < -0.39 is 0 Å². The molecule has 0 aromatic carbocycles. The van der Waals surface area contributed by atoms with Crippen LogP contribution in [0.25, 0.3) is 0 Å². The number of hydrogen-bond acceptors (Lipinski definition) is 2. The molecule has 0 bridgehead atoms. The minimum absolute atomic E-state index is 0.0362. The van der Waals surface area contributed by atoms with Gasteiger partial charge in [0.25, 0.3) is 0 Å². The van der Waals surface area contributed by atoms with E-state index in [9.17, 15) is 5.11 Å². The van der Waals surface area contributed by atoms with Crippen LogP contribution < -0.4 is 0 Å². The zero-order valence-electron chi connectivity index (χ0n) is 13.0. The second-order valence-corrected chi connectivity index (χ2v) is 7.13. The minimum atomic E-state index is -0.0362. The Morgan fingerprint density at radius 3 is 2.74 bits per heavy atom. The van der Waals surface area contributed by atoms with Crippen molar-refractivity contribution >= 4 is 0 Å². The quantitative estimate of drug-likeness (QED) is 0.840. The predicted molar refractivity (Wildman–Crippen MR) is 81.2 cm³/mol. The van der Waals surface area contributed by atoms with Gasteiger partial charge in [-0.15, -0.1) is 0 Å². The highest BCUT2D eigenvalue weighted by Crippen LogP contribution is 2.30. The van der Waals surface area contributed by atoms with Gasteiger partial charge in [-0.1, -0.05) is 26.7 Å². The molecule has 1 saturated carbocycles. The van der Waals surface area contributed by atoms with Crippen molar-refractivity contribution in [1.82, 2.24) is 4.90 Å². The molecule has 1 aliphatic carbocycles. The first-order chi connectivity index (χ1) is 9.19. The molecule has 0 radical (unpaired) electrons. The Morgan fingerprint density at radius 1 is 1.11 bits per heavy atom. The van der Waals surface area contributed by atoms with Gasteiger partial charge < -0.3 is 10.0 Å². The average molecular weight is 267 g/mol. The van der Waals surface area contributed by atoms with Crippen LogP contribution in [-0.2, 0) is 0 Å². The Balaban J connectivity index is 1.78. The molecular formula is C17H33NO. The first-order valence-electron chi connectivity index (χ1n) is 8.59. The van der Waals surface area contributed by atoms with Crippen molar-refractivity contribution in [2.45, 2.75) is 71.3 Å². The summed E-state index contributed by atoms with van der Waals surface area (Å²) in [6.07, 6.45) is 10.4. The summed E-state index contributed by atoms with van der Waals surface area (Å²) < 4.78 is 0. The van der Waals surface area contributed by atoms with Gasteiger partial charge in [0.1, 0.15) is 0 Å². The Bertz CT molecular complexity index is 256. The zero-order chi connectivity index (χ0) is 13.7. The Labute approximate surface area is 119 Å². The van der Waals surface area contributed by atoms with Crippen molar-refractivity contribution in [1.29, 1.82) is 0 Å². The molecule has 1 heterocycles. The highest BCUT2D eigenvalue weighted by atomic mass is 16.3. The van der Waals surface area contributed by atoms with Gasteiger partial charge in [0.05, 0.1) is 6.10 Å². The summed E-state index contributed by atoms with van der Waals surface area (Å²) in [7, 11) is 0. The van der Waals surface area contributed by atoms with E-state index in [0.717, 1.165) is 24.8 Å². The highest BCUT2D eigenvalue weighted by molar-refractivity contribution is 4.81. The van der Waals surface area contributed by atoms with Crippen LogP contribution in [-0.4, -0.2) is 35.7 Å². The number of hydrogen-bond donors (Lipinski definition) is 1. The van der Waals surface area contributed by atoms with E-state index in [1.165, 1.54) is 58.0 Å². The molecule has 0 aromatic heterocycles. The number of nitrogens with zero attached hydrogens (tertiary/aromatic N) is 1. The smallest absolute Gasteiger partial charge is 0.0580 e. The molecule has 0 amide bonds. The minimum Gasteiger partial charge on any atom is -0.393 e. The number of rotatable bonds is 4. The summed E-state index contributed by atoms with van der Waals surface area (Å²) in [5, 5.41) is 10.2. The molecule has 2 fully saturated rings. The lowest BCUT2D eigenvalue weighted by Gasteiger charge is -2.35. The van der Waals surface area contributed by atoms with Gasteiger partial charge in [-0.3, -0.25) is 0 Å². The van der Waals surface area contributed by atoms with E-state index in [2.05, 4.69) is 18.7 Å².